The second kappa shape index (κ2) is 14.4. The molecule has 9 atom stereocenters. The molecule has 2 heterocycles. The molecule has 1 saturated heterocycles. The number of amides is 1. The molecule has 5 saturated carbocycles. The monoisotopic (exact) mass is 696 g/mol. The molecule has 1 aliphatic heterocycles. The predicted octanol–water partition coefficient (Wildman–Crippen LogP) is 9.35. The molecule has 0 bridgehead atoms. The Bertz CT molecular complexity index is 1530. The van der Waals surface area contributed by atoms with E-state index in [9.17, 15) is 4.79 Å². The highest BCUT2D eigenvalue weighted by Crippen LogP contribution is 2.71. The molecule has 0 radical (unpaired) electrons. The third-order valence-electron chi connectivity index (χ3n) is 15.8. The van der Waals surface area contributed by atoms with Gasteiger partial charge >= 0.3 is 0 Å². The molecule has 6 aliphatic rings. The average Bonchev–Trinajstić information content (AvgIpc) is 3.88. The molecule has 6 heteroatoms. The van der Waals surface area contributed by atoms with Crippen molar-refractivity contribution < 1.29 is 4.79 Å². The molecular formula is C45H69N5O. The lowest BCUT2D eigenvalue weighted by Crippen LogP contribution is -2.63. The number of fused-ring (bicyclic) bond motifs is 7. The Kier molecular flexibility index (Phi) is 10.4. The van der Waals surface area contributed by atoms with Gasteiger partial charge in [-0.1, -0.05) is 63.1 Å². The number of benzene rings is 1. The summed E-state index contributed by atoms with van der Waals surface area (Å²) in [7, 11) is 0. The average molecular weight is 696 g/mol. The van der Waals surface area contributed by atoms with Crippen molar-refractivity contribution in [2.75, 3.05) is 19.6 Å². The van der Waals surface area contributed by atoms with Crippen LogP contribution in [0.2, 0.25) is 0 Å². The fraction of sp³-hybridized carbons (Fsp3) is 0.733. The van der Waals surface area contributed by atoms with Crippen LogP contribution in [0.3, 0.4) is 0 Å². The predicted molar refractivity (Wildman–Crippen MR) is 210 cm³/mol. The zero-order valence-corrected chi connectivity index (χ0v) is 32.8. The van der Waals surface area contributed by atoms with E-state index in [4.69, 9.17) is 10.7 Å². The summed E-state index contributed by atoms with van der Waals surface area (Å²) in [6.45, 7) is 19.3. The highest BCUT2D eigenvalue weighted by Gasteiger charge is 2.65. The fourth-order valence-corrected chi connectivity index (χ4v) is 13.5. The van der Waals surface area contributed by atoms with Crippen LogP contribution in [0.5, 0.6) is 0 Å². The Balaban J connectivity index is 0.00000131. The Labute approximate surface area is 309 Å². The van der Waals surface area contributed by atoms with Crippen LogP contribution < -0.4 is 11.1 Å². The molecule has 51 heavy (non-hydrogen) atoms. The van der Waals surface area contributed by atoms with Crippen LogP contribution >= 0.6 is 0 Å². The number of nitrogens with one attached hydrogen (secondary N) is 1. The smallest absolute Gasteiger partial charge is 0.227 e. The van der Waals surface area contributed by atoms with Crippen molar-refractivity contribution in [3.8, 4) is 11.3 Å². The molecule has 1 aromatic heterocycles. The number of rotatable bonds is 7. The van der Waals surface area contributed by atoms with Crippen molar-refractivity contribution in [2.24, 2.45) is 51.6 Å². The van der Waals surface area contributed by atoms with Gasteiger partial charge < -0.3 is 20.5 Å². The number of carbonyl (C=O) groups excluding carboxylic acids is 1. The molecule has 2 aromatic rings. The lowest BCUT2D eigenvalue weighted by atomic mass is 9.38. The van der Waals surface area contributed by atoms with Gasteiger partial charge in [-0.2, -0.15) is 0 Å². The molecule has 0 spiro atoms. The van der Waals surface area contributed by atoms with E-state index in [-0.39, 0.29) is 5.41 Å². The van der Waals surface area contributed by atoms with Crippen LogP contribution in [0, 0.1) is 45.8 Å². The maximum atomic E-state index is 14.9. The van der Waals surface area contributed by atoms with Gasteiger partial charge in [-0.3, -0.25) is 4.79 Å². The van der Waals surface area contributed by atoms with E-state index >= 15 is 0 Å². The van der Waals surface area contributed by atoms with Crippen LogP contribution in [0.4, 0.5) is 0 Å². The van der Waals surface area contributed by atoms with Crippen LogP contribution in [-0.4, -0.2) is 46.0 Å². The first-order valence-corrected chi connectivity index (χ1v) is 21.0. The molecular weight excluding hydrogens is 627 g/mol. The van der Waals surface area contributed by atoms with Gasteiger partial charge in [0.05, 0.1) is 16.6 Å². The summed E-state index contributed by atoms with van der Waals surface area (Å²) < 4.78 is 2.35. The molecule has 9 unspecified atom stereocenters. The summed E-state index contributed by atoms with van der Waals surface area (Å²) in [6.07, 6.45) is 21.5. The number of allylic oxidation sites excluding steroid dienone is 1. The highest BCUT2D eigenvalue weighted by molar-refractivity contribution is 5.84. The van der Waals surface area contributed by atoms with E-state index in [1.54, 1.807) is 6.08 Å². The topological polar surface area (TPSA) is 76.2 Å². The van der Waals surface area contributed by atoms with Gasteiger partial charge in [0, 0.05) is 30.9 Å². The molecule has 6 nitrogen and oxygen atoms in total. The van der Waals surface area contributed by atoms with Gasteiger partial charge in [-0.25, -0.2) is 4.98 Å². The van der Waals surface area contributed by atoms with Crippen molar-refractivity contribution >= 4 is 5.91 Å². The van der Waals surface area contributed by atoms with Gasteiger partial charge in [0.25, 0.3) is 0 Å². The second-order valence-electron chi connectivity index (χ2n) is 18.9. The summed E-state index contributed by atoms with van der Waals surface area (Å²) in [5, 5.41) is 3.70. The standard InChI is InChI=1S/C42H63N5O.C3H6/c1-39(2,37-44-35(29-12-6-5-7-13-29)28-47(37)27-26-46-24-8-9-25-46)45-38(48)42-21-10-14-32(42)30-16-17-36-40(3)20-11-15-34(43)33(40)18-22-41(36,4)31(30)19-23-42;1-3-2/h5-7,12-13,28,30-34,36H,8-11,14-27,43H2,1-4H3,(H,45,48);3H,1H2,2H3. The lowest BCUT2D eigenvalue weighted by Gasteiger charge is -2.67. The minimum Gasteiger partial charge on any atom is -0.344 e. The van der Waals surface area contributed by atoms with E-state index in [2.05, 4.69) is 85.6 Å². The summed E-state index contributed by atoms with van der Waals surface area (Å²) in [5.74, 6) is 4.73. The summed E-state index contributed by atoms with van der Waals surface area (Å²) in [5.41, 5.74) is 8.95. The molecule has 8 rings (SSSR count). The SMILES string of the molecule is C=CC.CC(C)(NC(=O)C12CCCC1C1CCC3C4(C)CCCC(N)C4CCC3(C)C1CC2)c1nc(-c2ccccc2)cn1CCN1CCCC1. The highest BCUT2D eigenvalue weighted by atomic mass is 16.2. The minimum absolute atomic E-state index is 0.231. The van der Waals surface area contributed by atoms with Crippen LogP contribution in [0.15, 0.2) is 49.2 Å². The van der Waals surface area contributed by atoms with Crippen molar-refractivity contribution in [1.29, 1.82) is 0 Å². The van der Waals surface area contributed by atoms with Crippen LogP contribution in [0.25, 0.3) is 11.3 Å². The number of nitrogens with zero attached hydrogens (tertiary/aromatic N) is 3. The summed E-state index contributed by atoms with van der Waals surface area (Å²) in [6, 6.07) is 10.9. The van der Waals surface area contributed by atoms with E-state index < -0.39 is 5.54 Å². The normalized spacial score (nSPS) is 37.6. The Hall–Kier alpha value is -2.44. The molecule has 1 aromatic carbocycles. The first kappa shape index (κ1) is 36.9. The Morgan fingerprint density at radius 3 is 2.33 bits per heavy atom. The van der Waals surface area contributed by atoms with E-state index in [1.165, 1.54) is 90.1 Å². The maximum Gasteiger partial charge on any atom is 0.227 e. The second-order valence-corrected chi connectivity index (χ2v) is 18.9. The number of hydrogen-bond acceptors (Lipinski definition) is 4. The molecule has 280 valence electrons. The van der Waals surface area contributed by atoms with Crippen molar-refractivity contribution in [3.05, 3.63) is 55.0 Å². The molecule has 1 amide bonds. The first-order chi connectivity index (χ1) is 24.5. The van der Waals surface area contributed by atoms with E-state index in [0.29, 0.717) is 40.5 Å². The third kappa shape index (κ3) is 6.47. The number of nitrogens with two attached hydrogens (primary N) is 1. The van der Waals surface area contributed by atoms with Gasteiger partial charge in [0.1, 0.15) is 5.82 Å². The summed E-state index contributed by atoms with van der Waals surface area (Å²) >= 11 is 0. The number of imidazole rings is 1. The molecule has 3 N–H and O–H groups in total. The summed E-state index contributed by atoms with van der Waals surface area (Å²) in [4.78, 5) is 22.7. The van der Waals surface area contributed by atoms with Gasteiger partial charge in [0.15, 0.2) is 0 Å². The Morgan fingerprint density at radius 1 is 0.902 bits per heavy atom. The van der Waals surface area contributed by atoms with Gasteiger partial charge in [-0.05, 0) is 151 Å². The third-order valence-corrected chi connectivity index (χ3v) is 15.8. The van der Waals surface area contributed by atoms with Gasteiger partial charge in [0.2, 0.25) is 5.91 Å². The number of likely N-dealkylation sites (tertiary alicyclic amines) is 1. The van der Waals surface area contributed by atoms with E-state index in [1.807, 2.05) is 6.92 Å². The van der Waals surface area contributed by atoms with Crippen molar-refractivity contribution in [1.82, 2.24) is 19.8 Å². The number of carbonyl (C=O) groups is 1. The fourth-order valence-electron chi connectivity index (χ4n) is 13.5. The molecule has 6 fully saturated rings. The van der Waals surface area contributed by atoms with Crippen LogP contribution in [0.1, 0.15) is 130 Å². The minimum atomic E-state index is -0.565. The largest absolute Gasteiger partial charge is 0.344 e. The zero-order chi connectivity index (χ0) is 36.0. The zero-order valence-electron chi connectivity index (χ0n) is 32.8. The van der Waals surface area contributed by atoms with Crippen molar-refractivity contribution in [2.45, 2.75) is 143 Å². The van der Waals surface area contributed by atoms with Gasteiger partial charge in [-0.15, -0.1) is 6.58 Å². The first-order valence-electron chi connectivity index (χ1n) is 21.0. The Morgan fingerprint density at radius 2 is 1.59 bits per heavy atom. The van der Waals surface area contributed by atoms with Crippen LogP contribution in [-0.2, 0) is 16.9 Å². The maximum absolute atomic E-state index is 14.9. The van der Waals surface area contributed by atoms with Crippen molar-refractivity contribution in [3.63, 3.8) is 0 Å². The molecule has 5 aliphatic carbocycles. The lowest BCUT2D eigenvalue weighted by molar-refractivity contribution is -0.181. The number of aromatic nitrogens is 2. The number of hydrogen-bond donors (Lipinski definition) is 2. The quantitative estimate of drug-likeness (QED) is 0.283. The van der Waals surface area contributed by atoms with E-state index in [0.717, 1.165) is 54.8 Å².